The molecule has 0 saturated heterocycles. The molecule has 18 heavy (non-hydrogen) atoms. The summed E-state index contributed by atoms with van der Waals surface area (Å²) in [5.41, 5.74) is 10.4. The minimum atomic E-state index is 0.508. The van der Waals surface area contributed by atoms with E-state index in [9.17, 15) is 0 Å². The molecule has 3 nitrogen and oxygen atoms in total. The van der Waals surface area contributed by atoms with Crippen molar-refractivity contribution in [1.29, 1.82) is 0 Å². The maximum absolute atomic E-state index is 5.64. The summed E-state index contributed by atoms with van der Waals surface area (Å²) < 4.78 is 2.21. The van der Waals surface area contributed by atoms with E-state index in [-0.39, 0.29) is 0 Å². The summed E-state index contributed by atoms with van der Waals surface area (Å²) in [6, 6.07) is 8.43. The van der Waals surface area contributed by atoms with Crippen LogP contribution < -0.4 is 5.73 Å². The van der Waals surface area contributed by atoms with E-state index >= 15 is 0 Å². The number of nitrogens with two attached hydrogens (primary N) is 1. The second kappa shape index (κ2) is 4.23. The Kier molecular flexibility index (Phi) is 2.69. The van der Waals surface area contributed by atoms with Crippen LogP contribution in [0.15, 0.2) is 29.6 Å². The molecule has 1 aromatic carbocycles. The lowest BCUT2D eigenvalue weighted by Crippen LogP contribution is -1.95. The fourth-order valence-corrected chi connectivity index (χ4v) is 3.03. The zero-order valence-corrected chi connectivity index (χ0v) is 11.3. The van der Waals surface area contributed by atoms with Crippen LogP contribution in [0.1, 0.15) is 10.7 Å². The van der Waals surface area contributed by atoms with Gasteiger partial charge in [-0.2, -0.15) is 0 Å². The Morgan fingerprint density at radius 1 is 1.33 bits per heavy atom. The van der Waals surface area contributed by atoms with Crippen LogP contribution in [0.4, 0.5) is 0 Å². The lowest BCUT2D eigenvalue weighted by atomic mass is 10.1. The van der Waals surface area contributed by atoms with E-state index in [0.717, 1.165) is 10.7 Å². The van der Waals surface area contributed by atoms with Gasteiger partial charge in [-0.05, 0) is 13.0 Å². The molecule has 0 radical (unpaired) electrons. The standard InChI is InChI=1S/C14H15N3S/c1-9-14(11-8-18-13(7-15)16-11)10-5-3-4-6-12(10)17(9)2/h3-6,8H,7,15H2,1-2H3. The number of thiazole rings is 1. The van der Waals surface area contributed by atoms with Crippen LogP contribution in [0.2, 0.25) is 0 Å². The summed E-state index contributed by atoms with van der Waals surface area (Å²) in [5, 5.41) is 4.33. The third-order valence-corrected chi connectivity index (χ3v) is 4.25. The quantitative estimate of drug-likeness (QED) is 0.766. The first kappa shape index (κ1) is 11.4. The number of rotatable bonds is 2. The summed E-state index contributed by atoms with van der Waals surface area (Å²) >= 11 is 1.63. The maximum Gasteiger partial charge on any atom is 0.107 e. The first-order valence-electron chi connectivity index (χ1n) is 5.91. The highest BCUT2D eigenvalue weighted by Crippen LogP contribution is 2.34. The number of aryl methyl sites for hydroxylation is 1. The van der Waals surface area contributed by atoms with E-state index in [0.29, 0.717) is 6.54 Å². The molecule has 2 heterocycles. The van der Waals surface area contributed by atoms with Gasteiger partial charge in [0.05, 0.1) is 5.69 Å². The number of benzene rings is 1. The minimum absolute atomic E-state index is 0.508. The molecule has 0 aliphatic heterocycles. The molecule has 0 atom stereocenters. The normalized spacial score (nSPS) is 11.3. The van der Waals surface area contributed by atoms with Gasteiger partial charge in [0.25, 0.3) is 0 Å². The Morgan fingerprint density at radius 3 is 2.83 bits per heavy atom. The van der Waals surface area contributed by atoms with E-state index in [4.69, 9.17) is 5.73 Å². The maximum atomic E-state index is 5.64. The monoisotopic (exact) mass is 257 g/mol. The lowest BCUT2D eigenvalue weighted by Gasteiger charge is -1.98. The lowest BCUT2D eigenvalue weighted by molar-refractivity contribution is 0.918. The summed E-state index contributed by atoms with van der Waals surface area (Å²) in [4.78, 5) is 4.60. The predicted octanol–water partition coefficient (Wildman–Crippen LogP) is 3.07. The van der Waals surface area contributed by atoms with E-state index in [1.54, 1.807) is 11.3 Å². The van der Waals surface area contributed by atoms with Gasteiger partial charge in [0, 0.05) is 41.1 Å². The Bertz CT molecular complexity index is 709. The van der Waals surface area contributed by atoms with Crippen molar-refractivity contribution in [3.05, 3.63) is 40.3 Å². The summed E-state index contributed by atoms with van der Waals surface area (Å²) in [7, 11) is 2.09. The van der Waals surface area contributed by atoms with Crippen LogP contribution in [-0.2, 0) is 13.6 Å². The number of fused-ring (bicyclic) bond motifs is 1. The molecule has 92 valence electrons. The summed E-state index contributed by atoms with van der Waals surface area (Å²) in [5.74, 6) is 0. The van der Waals surface area contributed by atoms with Gasteiger partial charge < -0.3 is 10.3 Å². The molecule has 0 unspecified atom stereocenters. The molecule has 0 aliphatic carbocycles. The molecule has 0 amide bonds. The van der Waals surface area contributed by atoms with Gasteiger partial charge >= 0.3 is 0 Å². The number of para-hydroxylation sites is 1. The summed E-state index contributed by atoms with van der Waals surface area (Å²) in [6.07, 6.45) is 0. The van der Waals surface area contributed by atoms with Crippen molar-refractivity contribution in [2.45, 2.75) is 13.5 Å². The van der Waals surface area contributed by atoms with Crippen molar-refractivity contribution in [2.24, 2.45) is 12.8 Å². The average molecular weight is 257 g/mol. The Hall–Kier alpha value is -1.65. The molecule has 2 N–H and O–H groups in total. The largest absolute Gasteiger partial charge is 0.347 e. The smallest absolute Gasteiger partial charge is 0.107 e. The van der Waals surface area contributed by atoms with Crippen LogP contribution >= 0.6 is 11.3 Å². The fourth-order valence-electron chi connectivity index (χ4n) is 2.36. The Morgan fingerprint density at radius 2 is 2.11 bits per heavy atom. The van der Waals surface area contributed by atoms with Crippen molar-refractivity contribution in [3.8, 4) is 11.3 Å². The second-order valence-electron chi connectivity index (χ2n) is 4.37. The van der Waals surface area contributed by atoms with Gasteiger partial charge in [0.1, 0.15) is 5.01 Å². The van der Waals surface area contributed by atoms with Crippen molar-refractivity contribution >= 4 is 22.2 Å². The number of nitrogens with zero attached hydrogens (tertiary/aromatic N) is 2. The van der Waals surface area contributed by atoms with Crippen LogP contribution in [0.25, 0.3) is 22.2 Å². The predicted molar refractivity (Wildman–Crippen MR) is 76.7 cm³/mol. The second-order valence-corrected chi connectivity index (χ2v) is 5.31. The van der Waals surface area contributed by atoms with Crippen LogP contribution in [0, 0.1) is 6.92 Å². The minimum Gasteiger partial charge on any atom is -0.347 e. The van der Waals surface area contributed by atoms with Crippen LogP contribution in [0.5, 0.6) is 0 Å². The van der Waals surface area contributed by atoms with Crippen molar-refractivity contribution < 1.29 is 0 Å². The van der Waals surface area contributed by atoms with E-state index in [2.05, 4.69) is 53.2 Å². The van der Waals surface area contributed by atoms with Crippen molar-refractivity contribution in [3.63, 3.8) is 0 Å². The molecule has 0 fully saturated rings. The van der Waals surface area contributed by atoms with Gasteiger partial charge in [-0.3, -0.25) is 0 Å². The first-order valence-corrected chi connectivity index (χ1v) is 6.79. The Balaban J connectivity index is 2.31. The number of hydrogen-bond donors (Lipinski definition) is 1. The molecule has 0 aliphatic rings. The molecule has 0 spiro atoms. The third-order valence-electron chi connectivity index (χ3n) is 3.38. The van der Waals surface area contributed by atoms with Gasteiger partial charge in [-0.1, -0.05) is 18.2 Å². The number of hydrogen-bond acceptors (Lipinski definition) is 3. The van der Waals surface area contributed by atoms with Gasteiger partial charge in [-0.15, -0.1) is 11.3 Å². The third kappa shape index (κ3) is 1.57. The molecule has 4 heteroatoms. The van der Waals surface area contributed by atoms with Crippen LogP contribution in [-0.4, -0.2) is 9.55 Å². The Labute approximate surface area is 110 Å². The van der Waals surface area contributed by atoms with Crippen molar-refractivity contribution in [2.75, 3.05) is 0 Å². The molecule has 0 saturated carbocycles. The average Bonchev–Trinajstić information content (AvgIpc) is 2.95. The highest BCUT2D eigenvalue weighted by Gasteiger charge is 2.15. The van der Waals surface area contributed by atoms with Crippen LogP contribution in [0.3, 0.4) is 0 Å². The van der Waals surface area contributed by atoms with E-state index in [1.165, 1.54) is 22.2 Å². The van der Waals surface area contributed by atoms with Crippen molar-refractivity contribution in [1.82, 2.24) is 9.55 Å². The first-order chi connectivity index (χ1) is 8.72. The van der Waals surface area contributed by atoms with Gasteiger partial charge in [0.15, 0.2) is 0 Å². The SMILES string of the molecule is Cc1c(-c2csc(CN)n2)c2ccccc2n1C. The van der Waals surface area contributed by atoms with E-state index in [1.807, 2.05) is 0 Å². The fraction of sp³-hybridized carbons (Fsp3) is 0.214. The summed E-state index contributed by atoms with van der Waals surface area (Å²) in [6.45, 7) is 2.64. The zero-order valence-electron chi connectivity index (χ0n) is 10.5. The molecule has 3 aromatic rings. The number of aromatic nitrogens is 2. The molecule has 3 rings (SSSR count). The zero-order chi connectivity index (χ0) is 12.7. The topological polar surface area (TPSA) is 43.8 Å². The van der Waals surface area contributed by atoms with E-state index < -0.39 is 0 Å². The highest BCUT2D eigenvalue weighted by atomic mass is 32.1. The highest BCUT2D eigenvalue weighted by molar-refractivity contribution is 7.09. The molecular formula is C14H15N3S. The molecular weight excluding hydrogens is 242 g/mol. The van der Waals surface area contributed by atoms with Gasteiger partial charge in [-0.25, -0.2) is 4.98 Å². The molecule has 0 bridgehead atoms. The molecule has 2 aromatic heterocycles. The van der Waals surface area contributed by atoms with Gasteiger partial charge in [0.2, 0.25) is 0 Å².